The summed E-state index contributed by atoms with van der Waals surface area (Å²) in [4.78, 5) is 3.09. The van der Waals surface area contributed by atoms with Crippen molar-refractivity contribution in [1.82, 2.24) is 4.98 Å². The van der Waals surface area contributed by atoms with E-state index >= 15 is 0 Å². The molecule has 0 aliphatic rings. The Morgan fingerprint density at radius 3 is 2.87 bits per heavy atom. The molecule has 0 unspecified atom stereocenters. The van der Waals surface area contributed by atoms with E-state index < -0.39 is 0 Å². The van der Waals surface area contributed by atoms with E-state index in [1.54, 1.807) is 13.2 Å². The van der Waals surface area contributed by atoms with Gasteiger partial charge in [0.15, 0.2) is 3.95 Å². The number of thiazole rings is 1. The van der Waals surface area contributed by atoms with Crippen molar-refractivity contribution in [2.75, 3.05) is 7.11 Å². The minimum absolute atomic E-state index is 0.677. The number of benzene rings is 1. The van der Waals surface area contributed by atoms with Gasteiger partial charge >= 0.3 is 0 Å². The first-order chi connectivity index (χ1) is 7.20. The third-order valence-electron chi connectivity index (χ3n) is 1.97. The van der Waals surface area contributed by atoms with Crippen molar-refractivity contribution in [2.45, 2.75) is 0 Å². The predicted molar refractivity (Wildman–Crippen MR) is 66.5 cm³/mol. The highest BCUT2D eigenvalue weighted by Crippen LogP contribution is 2.32. The Morgan fingerprint density at radius 1 is 1.47 bits per heavy atom. The first-order valence-electron chi connectivity index (χ1n) is 4.22. The lowest BCUT2D eigenvalue weighted by Gasteiger charge is -2.06. The normalized spacial score (nSPS) is 10.3. The van der Waals surface area contributed by atoms with Gasteiger partial charge in [0.1, 0.15) is 5.75 Å². The number of aromatic nitrogens is 1. The minimum Gasteiger partial charge on any atom is -0.496 e. The van der Waals surface area contributed by atoms with Crippen molar-refractivity contribution >= 4 is 35.2 Å². The molecule has 1 aromatic carbocycles. The molecular formula is C10H8ClNOS2. The molecule has 0 bridgehead atoms. The highest BCUT2D eigenvalue weighted by molar-refractivity contribution is 7.73. The molecule has 1 heterocycles. The first kappa shape index (κ1) is 10.7. The molecule has 0 aliphatic heterocycles. The van der Waals surface area contributed by atoms with Gasteiger partial charge in [0.05, 0.1) is 12.8 Å². The van der Waals surface area contributed by atoms with Crippen LogP contribution in [0.2, 0.25) is 5.02 Å². The maximum Gasteiger partial charge on any atom is 0.158 e. The Kier molecular flexibility index (Phi) is 3.09. The molecule has 0 amide bonds. The molecule has 0 atom stereocenters. The van der Waals surface area contributed by atoms with E-state index in [-0.39, 0.29) is 0 Å². The molecule has 2 nitrogen and oxygen atoms in total. The van der Waals surface area contributed by atoms with Crippen LogP contribution in [0.3, 0.4) is 0 Å². The minimum atomic E-state index is 0.677. The molecule has 0 spiro atoms. The molecule has 0 saturated heterocycles. The van der Waals surface area contributed by atoms with Gasteiger partial charge in [-0.05, 0) is 30.4 Å². The van der Waals surface area contributed by atoms with Gasteiger partial charge < -0.3 is 9.72 Å². The van der Waals surface area contributed by atoms with Crippen molar-refractivity contribution in [2.24, 2.45) is 0 Å². The average Bonchev–Trinajstić information content (AvgIpc) is 2.65. The number of nitrogens with one attached hydrogen (secondary N) is 1. The SMILES string of the molecule is COc1ccc(Cl)cc1-c1csc(=S)[nH]1. The van der Waals surface area contributed by atoms with Crippen LogP contribution >= 0.6 is 35.2 Å². The molecular weight excluding hydrogens is 250 g/mol. The first-order valence-corrected chi connectivity index (χ1v) is 5.89. The van der Waals surface area contributed by atoms with Crippen molar-refractivity contribution in [3.05, 3.63) is 32.6 Å². The fraction of sp³-hybridized carbons (Fsp3) is 0.100. The highest BCUT2D eigenvalue weighted by atomic mass is 35.5. The Bertz CT molecular complexity index is 532. The van der Waals surface area contributed by atoms with Crippen LogP contribution in [0.15, 0.2) is 23.6 Å². The smallest absolute Gasteiger partial charge is 0.158 e. The summed E-state index contributed by atoms with van der Waals surface area (Å²) in [6, 6.07) is 5.49. The maximum absolute atomic E-state index is 5.94. The van der Waals surface area contributed by atoms with Crippen LogP contribution in [0, 0.1) is 3.95 Å². The molecule has 0 aliphatic carbocycles. The lowest BCUT2D eigenvalue weighted by atomic mass is 10.1. The summed E-state index contributed by atoms with van der Waals surface area (Å²) < 4.78 is 6.00. The number of aromatic amines is 1. The number of hydrogen-bond donors (Lipinski definition) is 1. The fourth-order valence-electron chi connectivity index (χ4n) is 1.30. The third kappa shape index (κ3) is 2.22. The zero-order valence-electron chi connectivity index (χ0n) is 7.91. The molecule has 1 N–H and O–H groups in total. The van der Waals surface area contributed by atoms with Gasteiger partial charge in [0.2, 0.25) is 0 Å². The van der Waals surface area contributed by atoms with Gasteiger partial charge in [-0.3, -0.25) is 0 Å². The lowest BCUT2D eigenvalue weighted by Crippen LogP contribution is -1.87. The number of H-pyrrole nitrogens is 1. The Balaban J connectivity index is 2.59. The summed E-state index contributed by atoms with van der Waals surface area (Å²) in [5, 5.41) is 2.63. The van der Waals surface area contributed by atoms with Crippen LogP contribution in [0.4, 0.5) is 0 Å². The molecule has 2 aromatic rings. The van der Waals surface area contributed by atoms with Crippen molar-refractivity contribution < 1.29 is 4.74 Å². The van der Waals surface area contributed by atoms with E-state index in [2.05, 4.69) is 4.98 Å². The molecule has 0 fully saturated rings. The van der Waals surface area contributed by atoms with Gasteiger partial charge in [-0.1, -0.05) is 11.6 Å². The van der Waals surface area contributed by atoms with Crippen LogP contribution in [0.5, 0.6) is 5.75 Å². The van der Waals surface area contributed by atoms with Crippen LogP contribution in [0.1, 0.15) is 0 Å². The highest BCUT2D eigenvalue weighted by Gasteiger charge is 2.07. The largest absolute Gasteiger partial charge is 0.496 e. The van der Waals surface area contributed by atoms with E-state index in [4.69, 9.17) is 28.6 Å². The fourth-order valence-corrected chi connectivity index (χ4v) is 2.31. The number of halogens is 1. The Labute approximate surface area is 101 Å². The molecule has 5 heteroatoms. The van der Waals surface area contributed by atoms with E-state index in [1.165, 1.54) is 11.3 Å². The molecule has 78 valence electrons. The topological polar surface area (TPSA) is 25.0 Å². The average molecular weight is 258 g/mol. The lowest BCUT2D eigenvalue weighted by molar-refractivity contribution is 0.416. The second-order valence-electron chi connectivity index (χ2n) is 2.91. The van der Waals surface area contributed by atoms with Gasteiger partial charge in [-0.15, -0.1) is 11.3 Å². The summed E-state index contributed by atoms with van der Waals surface area (Å²) >= 11 is 12.5. The molecule has 15 heavy (non-hydrogen) atoms. The van der Waals surface area contributed by atoms with Crippen LogP contribution < -0.4 is 4.74 Å². The zero-order valence-corrected chi connectivity index (χ0v) is 10.3. The number of rotatable bonds is 2. The van der Waals surface area contributed by atoms with Crippen molar-refractivity contribution in [3.63, 3.8) is 0 Å². The monoisotopic (exact) mass is 257 g/mol. The van der Waals surface area contributed by atoms with Crippen LogP contribution in [0.25, 0.3) is 11.3 Å². The van der Waals surface area contributed by atoms with E-state index in [0.717, 1.165) is 21.0 Å². The van der Waals surface area contributed by atoms with Gasteiger partial charge in [0, 0.05) is 16.0 Å². The summed E-state index contributed by atoms with van der Waals surface area (Å²) in [6.07, 6.45) is 0. The molecule has 0 saturated carbocycles. The van der Waals surface area contributed by atoms with E-state index in [1.807, 2.05) is 17.5 Å². The summed E-state index contributed by atoms with van der Waals surface area (Å²) in [5.41, 5.74) is 1.86. The maximum atomic E-state index is 5.94. The summed E-state index contributed by atoms with van der Waals surface area (Å²) in [6.45, 7) is 0. The van der Waals surface area contributed by atoms with Crippen LogP contribution in [-0.4, -0.2) is 12.1 Å². The molecule has 2 rings (SSSR count). The number of hydrogen-bond acceptors (Lipinski definition) is 3. The Hall–Kier alpha value is -0.840. The standard InChI is InChI=1S/C10H8ClNOS2/c1-13-9-3-2-6(11)4-7(9)8-5-15-10(14)12-8/h2-5H,1H3,(H,12,14). The van der Waals surface area contributed by atoms with E-state index in [9.17, 15) is 0 Å². The third-order valence-corrected chi connectivity index (χ3v) is 3.27. The quantitative estimate of drug-likeness (QED) is 0.818. The summed E-state index contributed by atoms with van der Waals surface area (Å²) in [5.74, 6) is 0.781. The van der Waals surface area contributed by atoms with Gasteiger partial charge in [-0.2, -0.15) is 0 Å². The number of ether oxygens (including phenoxy) is 1. The summed E-state index contributed by atoms with van der Waals surface area (Å²) in [7, 11) is 1.63. The van der Waals surface area contributed by atoms with Crippen molar-refractivity contribution in [1.29, 1.82) is 0 Å². The second-order valence-corrected chi connectivity index (χ2v) is 4.89. The number of methoxy groups -OCH3 is 1. The van der Waals surface area contributed by atoms with Crippen molar-refractivity contribution in [3.8, 4) is 17.0 Å². The van der Waals surface area contributed by atoms with E-state index in [0.29, 0.717) is 5.02 Å². The second kappa shape index (κ2) is 4.35. The molecule has 1 aromatic heterocycles. The Morgan fingerprint density at radius 2 is 2.27 bits per heavy atom. The van der Waals surface area contributed by atoms with Gasteiger partial charge in [-0.25, -0.2) is 0 Å². The predicted octanol–water partition coefficient (Wildman–Crippen LogP) is 4.13. The van der Waals surface area contributed by atoms with Crippen LogP contribution in [-0.2, 0) is 0 Å². The zero-order chi connectivity index (χ0) is 10.8. The van der Waals surface area contributed by atoms with Gasteiger partial charge in [0.25, 0.3) is 0 Å². The molecule has 0 radical (unpaired) electrons.